The summed E-state index contributed by atoms with van der Waals surface area (Å²) in [5, 5.41) is 23.5. The normalized spacial score (nSPS) is 49.0. The first-order valence-corrected chi connectivity index (χ1v) is 19.0. The quantitative estimate of drug-likeness (QED) is 0.366. The minimum absolute atomic E-state index is 0.0114. The van der Waals surface area contributed by atoms with Gasteiger partial charge in [0.05, 0.1) is 48.7 Å². The Hall–Kier alpha value is -1.50. The second-order valence-electron chi connectivity index (χ2n) is 18.9. The van der Waals surface area contributed by atoms with Crippen LogP contribution in [0.3, 0.4) is 0 Å². The number of urea groups is 1. The van der Waals surface area contributed by atoms with Crippen molar-refractivity contribution in [3.05, 3.63) is 0 Å². The molecule has 5 saturated carbocycles. The van der Waals surface area contributed by atoms with E-state index in [4.69, 9.17) is 24.7 Å². The van der Waals surface area contributed by atoms with Crippen molar-refractivity contribution in [3.63, 3.8) is 0 Å². The van der Waals surface area contributed by atoms with Gasteiger partial charge in [0.15, 0.2) is 12.4 Å². The van der Waals surface area contributed by atoms with E-state index in [0.717, 1.165) is 44.9 Å². The number of nitrogens with zero attached hydrogens (tertiary/aromatic N) is 2. The molecule has 14 atom stereocenters. The van der Waals surface area contributed by atoms with Crippen LogP contribution in [0, 0.1) is 45.3 Å². The molecule has 0 aromatic carbocycles. The molecule has 2 spiro atoms. The first kappa shape index (κ1) is 35.9. The number of esters is 1. The third-order valence-electron chi connectivity index (χ3n) is 15.6. The summed E-state index contributed by atoms with van der Waals surface area (Å²) in [6.45, 7) is 15.4. The minimum Gasteiger partial charge on any atom is -0.457 e. The van der Waals surface area contributed by atoms with E-state index in [0.29, 0.717) is 32.0 Å². The van der Waals surface area contributed by atoms with E-state index >= 15 is 0 Å². The summed E-state index contributed by atoms with van der Waals surface area (Å²) in [6, 6.07) is -0.0114. The molecule has 7 rings (SSSR count). The SMILES string of the molecule is CC(=O)OC(C1CC(C)C2C(O1)C(O)C1(N)C3CCC4C(C)(C)C(OC5CN(C(=O)N(C)C)CCO5)CCC45CC35CCC21C)C(C)(C)O. The largest absolute Gasteiger partial charge is 0.457 e. The van der Waals surface area contributed by atoms with E-state index in [-0.39, 0.29) is 51.5 Å². The average molecular weight is 690 g/mol. The van der Waals surface area contributed by atoms with Gasteiger partial charge in [0.25, 0.3) is 0 Å². The van der Waals surface area contributed by atoms with Gasteiger partial charge in [0, 0.05) is 27.6 Å². The summed E-state index contributed by atoms with van der Waals surface area (Å²) < 4.78 is 25.3. The van der Waals surface area contributed by atoms with E-state index in [2.05, 4.69) is 27.7 Å². The molecule has 2 aliphatic heterocycles. The first-order valence-electron chi connectivity index (χ1n) is 19.0. The maximum atomic E-state index is 12.7. The molecule has 2 saturated heterocycles. The lowest BCUT2D eigenvalue weighted by Crippen LogP contribution is -2.70. The van der Waals surface area contributed by atoms with Crippen LogP contribution in [0.1, 0.15) is 99.8 Å². The number of hydrogen-bond donors (Lipinski definition) is 3. The molecule has 0 aromatic heterocycles. The molecule has 5 aliphatic carbocycles. The van der Waals surface area contributed by atoms with Crippen molar-refractivity contribution in [2.75, 3.05) is 33.8 Å². The molecule has 2 amide bonds. The molecule has 0 aromatic rings. The molecular weight excluding hydrogens is 626 g/mol. The van der Waals surface area contributed by atoms with Crippen LogP contribution in [0.25, 0.3) is 0 Å². The van der Waals surface area contributed by atoms with Gasteiger partial charge in [-0.3, -0.25) is 4.79 Å². The highest BCUT2D eigenvalue weighted by molar-refractivity contribution is 5.73. The number of amides is 2. The summed E-state index contributed by atoms with van der Waals surface area (Å²) in [5.74, 6) is 0.446. The van der Waals surface area contributed by atoms with Crippen LogP contribution in [0.4, 0.5) is 4.79 Å². The van der Waals surface area contributed by atoms with Gasteiger partial charge in [-0.1, -0.05) is 27.7 Å². The van der Waals surface area contributed by atoms with Crippen molar-refractivity contribution in [2.45, 2.75) is 148 Å². The van der Waals surface area contributed by atoms with Crippen LogP contribution in [-0.2, 0) is 23.7 Å². The Morgan fingerprint density at radius 2 is 1.73 bits per heavy atom. The lowest BCUT2D eigenvalue weighted by molar-refractivity contribution is -0.243. The van der Waals surface area contributed by atoms with Crippen LogP contribution < -0.4 is 5.73 Å². The van der Waals surface area contributed by atoms with E-state index < -0.39 is 47.8 Å². The van der Waals surface area contributed by atoms with E-state index in [1.807, 2.05) is 4.90 Å². The van der Waals surface area contributed by atoms with Crippen LogP contribution in [0.15, 0.2) is 0 Å². The molecule has 7 aliphatic rings. The van der Waals surface area contributed by atoms with Gasteiger partial charge in [-0.2, -0.15) is 0 Å². The summed E-state index contributed by atoms with van der Waals surface area (Å²) in [5.41, 5.74) is 5.55. The monoisotopic (exact) mass is 689 g/mol. The van der Waals surface area contributed by atoms with Crippen molar-refractivity contribution in [1.82, 2.24) is 9.80 Å². The number of nitrogens with two attached hydrogens (primary N) is 1. The number of hydrogen-bond acceptors (Lipinski definition) is 9. The Bertz CT molecular complexity index is 1340. The number of ether oxygens (including phenoxy) is 4. The molecule has 4 N–H and O–H groups in total. The molecular formula is C38H63N3O8. The van der Waals surface area contributed by atoms with Gasteiger partial charge in [-0.05, 0) is 111 Å². The minimum atomic E-state index is -1.30. The Labute approximate surface area is 292 Å². The molecule has 2 heterocycles. The highest BCUT2D eigenvalue weighted by atomic mass is 16.7. The maximum absolute atomic E-state index is 12.7. The number of carbonyl (C=O) groups is 2. The van der Waals surface area contributed by atoms with E-state index in [1.54, 1.807) is 32.8 Å². The third kappa shape index (κ3) is 4.94. The highest BCUT2D eigenvalue weighted by Gasteiger charge is 2.85. The van der Waals surface area contributed by atoms with Gasteiger partial charge < -0.3 is 44.7 Å². The van der Waals surface area contributed by atoms with Crippen molar-refractivity contribution in [2.24, 2.45) is 51.1 Å². The average Bonchev–Trinajstić information content (AvgIpc) is 3.65. The van der Waals surface area contributed by atoms with E-state index in [1.165, 1.54) is 6.92 Å². The van der Waals surface area contributed by atoms with Crippen LogP contribution in [0.5, 0.6) is 0 Å². The molecule has 49 heavy (non-hydrogen) atoms. The smallest absolute Gasteiger partial charge is 0.319 e. The zero-order valence-corrected chi connectivity index (χ0v) is 31.4. The number of morpholine rings is 1. The van der Waals surface area contributed by atoms with Crippen LogP contribution in [0.2, 0.25) is 0 Å². The van der Waals surface area contributed by atoms with Gasteiger partial charge in [-0.25, -0.2) is 4.79 Å². The Morgan fingerprint density at radius 1 is 1.06 bits per heavy atom. The van der Waals surface area contributed by atoms with Gasteiger partial charge >= 0.3 is 12.0 Å². The predicted octanol–water partition coefficient (Wildman–Crippen LogP) is 3.92. The summed E-state index contributed by atoms with van der Waals surface area (Å²) in [7, 11) is 3.56. The van der Waals surface area contributed by atoms with Crippen molar-refractivity contribution < 1.29 is 38.7 Å². The molecule has 0 bridgehead atoms. The molecule has 0 radical (unpaired) electrons. The summed E-state index contributed by atoms with van der Waals surface area (Å²) in [6.07, 6.45) is 4.78. The summed E-state index contributed by atoms with van der Waals surface area (Å²) in [4.78, 5) is 28.2. The van der Waals surface area contributed by atoms with Gasteiger partial charge in [0.1, 0.15) is 0 Å². The zero-order valence-electron chi connectivity index (χ0n) is 31.4. The Morgan fingerprint density at radius 3 is 2.39 bits per heavy atom. The van der Waals surface area contributed by atoms with Gasteiger partial charge in [-0.15, -0.1) is 0 Å². The predicted molar refractivity (Wildman–Crippen MR) is 182 cm³/mol. The number of carbonyl (C=O) groups excluding carboxylic acids is 2. The summed E-state index contributed by atoms with van der Waals surface area (Å²) >= 11 is 0. The molecule has 14 unspecified atom stereocenters. The fraction of sp³-hybridized carbons (Fsp3) is 0.947. The maximum Gasteiger partial charge on any atom is 0.319 e. The second kappa shape index (κ2) is 11.5. The zero-order chi connectivity index (χ0) is 35.7. The van der Waals surface area contributed by atoms with Crippen LogP contribution >= 0.6 is 0 Å². The molecule has 278 valence electrons. The fourth-order valence-electron chi connectivity index (χ4n) is 13.6. The number of rotatable bonds is 5. The standard InChI is InChI=1S/C38H63N3O8/c1-21-18-23(31(34(5,6)45)47-22(2)42)48-29-28(21)35(7)14-15-37-20-36(37)13-12-26(49-27-19-41(16-17-46-27)32(44)40(8)9)33(3,4)24(36)10-11-25(37)38(35,39)30(29)43/h21,23-31,43,45H,10-20,39H2,1-9H3. The Balaban J connectivity index is 1.12. The first-order chi connectivity index (χ1) is 22.7. The molecule has 11 heteroatoms. The topological polar surface area (TPSA) is 144 Å². The van der Waals surface area contributed by atoms with E-state index in [9.17, 15) is 19.8 Å². The van der Waals surface area contributed by atoms with Crippen LogP contribution in [-0.4, -0.2) is 114 Å². The number of aliphatic hydroxyl groups excluding tert-OH is 1. The Kier molecular flexibility index (Phi) is 8.42. The van der Waals surface area contributed by atoms with Gasteiger partial charge in [0.2, 0.25) is 0 Å². The lowest BCUT2D eigenvalue weighted by atomic mass is 9.43. The number of fused-ring (bicyclic) bond motifs is 4. The molecule has 11 nitrogen and oxygen atoms in total. The lowest BCUT2D eigenvalue weighted by Gasteiger charge is -2.63. The molecule has 7 fully saturated rings. The highest BCUT2D eigenvalue weighted by Crippen LogP contribution is 2.87. The van der Waals surface area contributed by atoms with Crippen molar-refractivity contribution in [3.8, 4) is 0 Å². The third-order valence-corrected chi connectivity index (χ3v) is 15.6. The van der Waals surface area contributed by atoms with Crippen molar-refractivity contribution >= 4 is 12.0 Å². The second-order valence-corrected chi connectivity index (χ2v) is 18.9. The number of aliphatic hydroxyl groups is 2. The van der Waals surface area contributed by atoms with Crippen molar-refractivity contribution in [1.29, 1.82) is 0 Å². The fourth-order valence-corrected chi connectivity index (χ4v) is 13.6.